The fourth-order valence-electron chi connectivity index (χ4n) is 1.24. The highest BCUT2D eigenvalue weighted by atomic mass is 16.5. The first-order valence-corrected chi connectivity index (χ1v) is 4.36. The number of hydrogen-bond donors (Lipinski definition) is 3. The average molecular weight is 197 g/mol. The standard InChI is InChI=1S/C10H15NO3/c1-6(12)10(11)8-4-3-7(13)5-9(8)14-2/h3-6,10,12-13H,11H2,1-2H3/t6?,10-/m1/s1. The van der Waals surface area contributed by atoms with Crippen molar-refractivity contribution in [2.45, 2.75) is 19.1 Å². The van der Waals surface area contributed by atoms with Gasteiger partial charge in [0.15, 0.2) is 0 Å². The Labute approximate surface area is 82.9 Å². The average Bonchev–Trinajstić information content (AvgIpc) is 2.16. The molecule has 4 nitrogen and oxygen atoms in total. The summed E-state index contributed by atoms with van der Waals surface area (Å²) in [5, 5.41) is 18.5. The number of aliphatic hydroxyl groups excluding tert-OH is 1. The number of ether oxygens (including phenoxy) is 1. The third-order valence-electron chi connectivity index (χ3n) is 2.10. The molecule has 14 heavy (non-hydrogen) atoms. The Morgan fingerprint density at radius 1 is 1.43 bits per heavy atom. The van der Waals surface area contributed by atoms with E-state index < -0.39 is 12.1 Å². The van der Waals surface area contributed by atoms with Crippen LogP contribution in [0, 0.1) is 0 Å². The molecule has 1 rings (SSSR count). The van der Waals surface area contributed by atoms with E-state index in [-0.39, 0.29) is 5.75 Å². The molecule has 4 heteroatoms. The number of nitrogens with two attached hydrogens (primary N) is 1. The predicted octanol–water partition coefficient (Wildman–Crippen LogP) is 0.781. The van der Waals surface area contributed by atoms with Crippen LogP contribution in [0.5, 0.6) is 11.5 Å². The Morgan fingerprint density at radius 2 is 2.07 bits per heavy atom. The van der Waals surface area contributed by atoms with E-state index in [1.807, 2.05) is 0 Å². The number of benzene rings is 1. The zero-order valence-electron chi connectivity index (χ0n) is 8.27. The topological polar surface area (TPSA) is 75.7 Å². The van der Waals surface area contributed by atoms with Gasteiger partial charge in [0.05, 0.1) is 19.3 Å². The smallest absolute Gasteiger partial charge is 0.127 e. The van der Waals surface area contributed by atoms with Gasteiger partial charge < -0.3 is 20.7 Å². The van der Waals surface area contributed by atoms with Gasteiger partial charge in [-0.2, -0.15) is 0 Å². The van der Waals surface area contributed by atoms with E-state index in [1.165, 1.54) is 19.2 Å². The van der Waals surface area contributed by atoms with Crippen molar-refractivity contribution in [2.75, 3.05) is 7.11 Å². The summed E-state index contributed by atoms with van der Waals surface area (Å²) in [6.45, 7) is 1.61. The molecule has 0 heterocycles. The highest BCUT2D eigenvalue weighted by Gasteiger charge is 2.16. The molecule has 0 aliphatic rings. The third-order valence-corrected chi connectivity index (χ3v) is 2.10. The van der Waals surface area contributed by atoms with E-state index in [9.17, 15) is 10.2 Å². The van der Waals surface area contributed by atoms with Gasteiger partial charge in [-0.05, 0) is 19.1 Å². The molecule has 0 fully saturated rings. The summed E-state index contributed by atoms with van der Waals surface area (Å²) in [5.74, 6) is 0.599. The number of methoxy groups -OCH3 is 1. The molecule has 0 aliphatic carbocycles. The van der Waals surface area contributed by atoms with Crippen LogP contribution in [-0.4, -0.2) is 23.4 Å². The normalized spacial score (nSPS) is 14.9. The molecule has 4 N–H and O–H groups in total. The Hall–Kier alpha value is -1.26. The predicted molar refractivity (Wildman–Crippen MR) is 53.3 cm³/mol. The van der Waals surface area contributed by atoms with Crippen LogP contribution in [0.4, 0.5) is 0 Å². The molecule has 2 atom stereocenters. The van der Waals surface area contributed by atoms with Gasteiger partial charge in [-0.15, -0.1) is 0 Å². The monoisotopic (exact) mass is 197 g/mol. The molecule has 1 aromatic rings. The zero-order valence-corrected chi connectivity index (χ0v) is 8.27. The first-order valence-electron chi connectivity index (χ1n) is 4.36. The minimum Gasteiger partial charge on any atom is -0.508 e. The number of aromatic hydroxyl groups is 1. The molecule has 0 saturated carbocycles. The fourth-order valence-corrected chi connectivity index (χ4v) is 1.24. The summed E-state index contributed by atoms with van der Waals surface area (Å²) in [6.07, 6.45) is -0.659. The maximum absolute atomic E-state index is 9.32. The van der Waals surface area contributed by atoms with E-state index in [0.29, 0.717) is 11.3 Å². The van der Waals surface area contributed by atoms with E-state index in [1.54, 1.807) is 13.0 Å². The van der Waals surface area contributed by atoms with Crippen LogP contribution < -0.4 is 10.5 Å². The lowest BCUT2D eigenvalue weighted by Crippen LogP contribution is -2.23. The van der Waals surface area contributed by atoms with Crippen molar-refractivity contribution in [1.82, 2.24) is 0 Å². The number of aliphatic hydroxyl groups is 1. The van der Waals surface area contributed by atoms with Gasteiger partial charge in [0.2, 0.25) is 0 Å². The first kappa shape index (κ1) is 10.8. The highest BCUT2D eigenvalue weighted by molar-refractivity contribution is 5.42. The maximum Gasteiger partial charge on any atom is 0.127 e. The molecule has 1 unspecified atom stereocenters. The SMILES string of the molecule is COc1cc(O)ccc1[C@H](N)C(C)O. The molecule has 0 radical (unpaired) electrons. The van der Waals surface area contributed by atoms with Crippen LogP contribution in [0.25, 0.3) is 0 Å². The molecular weight excluding hydrogens is 182 g/mol. The molecular formula is C10H15NO3. The van der Waals surface area contributed by atoms with E-state index in [0.717, 1.165) is 0 Å². The van der Waals surface area contributed by atoms with Crippen LogP contribution in [-0.2, 0) is 0 Å². The summed E-state index contributed by atoms with van der Waals surface area (Å²) in [7, 11) is 1.49. The quantitative estimate of drug-likeness (QED) is 0.669. The van der Waals surface area contributed by atoms with Crippen LogP contribution in [0.15, 0.2) is 18.2 Å². The number of phenols is 1. The van der Waals surface area contributed by atoms with E-state index in [2.05, 4.69) is 0 Å². The zero-order chi connectivity index (χ0) is 10.7. The van der Waals surface area contributed by atoms with Gasteiger partial charge >= 0.3 is 0 Å². The van der Waals surface area contributed by atoms with Crippen molar-refractivity contribution in [3.8, 4) is 11.5 Å². The minimum atomic E-state index is -0.659. The molecule has 0 aliphatic heterocycles. The van der Waals surface area contributed by atoms with Gasteiger partial charge in [0.25, 0.3) is 0 Å². The Balaban J connectivity index is 3.07. The molecule has 78 valence electrons. The lowest BCUT2D eigenvalue weighted by Gasteiger charge is -2.18. The number of rotatable bonds is 3. The number of phenolic OH excluding ortho intramolecular Hbond substituents is 1. The Kier molecular flexibility index (Phi) is 3.33. The molecule has 0 aromatic heterocycles. The van der Waals surface area contributed by atoms with Crippen molar-refractivity contribution in [1.29, 1.82) is 0 Å². The number of hydrogen-bond acceptors (Lipinski definition) is 4. The van der Waals surface area contributed by atoms with Crippen molar-refractivity contribution >= 4 is 0 Å². The summed E-state index contributed by atoms with van der Waals surface area (Å²) in [5.41, 5.74) is 6.43. The van der Waals surface area contributed by atoms with E-state index in [4.69, 9.17) is 10.5 Å². The summed E-state index contributed by atoms with van der Waals surface area (Å²) in [6, 6.07) is 4.12. The molecule has 0 spiro atoms. The van der Waals surface area contributed by atoms with Gasteiger partial charge in [-0.3, -0.25) is 0 Å². The minimum absolute atomic E-state index is 0.114. The first-order chi connectivity index (χ1) is 6.56. The second kappa shape index (κ2) is 4.30. The van der Waals surface area contributed by atoms with Crippen LogP contribution in [0.3, 0.4) is 0 Å². The Morgan fingerprint density at radius 3 is 2.57 bits per heavy atom. The Bertz CT molecular complexity index is 312. The molecule has 1 aromatic carbocycles. The second-order valence-electron chi connectivity index (χ2n) is 3.19. The maximum atomic E-state index is 9.32. The van der Waals surface area contributed by atoms with Crippen molar-refractivity contribution < 1.29 is 14.9 Å². The summed E-state index contributed by atoms with van der Waals surface area (Å²) in [4.78, 5) is 0. The van der Waals surface area contributed by atoms with Crippen molar-refractivity contribution in [2.24, 2.45) is 5.73 Å². The largest absolute Gasteiger partial charge is 0.508 e. The van der Waals surface area contributed by atoms with Gasteiger partial charge in [-0.1, -0.05) is 0 Å². The lowest BCUT2D eigenvalue weighted by molar-refractivity contribution is 0.162. The van der Waals surface area contributed by atoms with Crippen molar-refractivity contribution in [3.05, 3.63) is 23.8 Å². The fraction of sp³-hybridized carbons (Fsp3) is 0.400. The van der Waals surface area contributed by atoms with Gasteiger partial charge in [-0.25, -0.2) is 0 Å². The van der Waals surface area contributed by atoms with Crippen molar-refractivity contribution in [3.63, 3.8) is 0 Å². The summed E-state index contributed by atoms with van der Waals surface area (Å²) < 4.78 is 5.05. The lowest BCUT2D eigenvalue weighted by atomic mass is 10.0. The highest BCUT2D eigenvalue weighted by Crippen LogP contribution is 2.29. The molecule has 0 amide bonds. The molecule has 0 bridgehead atoms. The van der Waals surface area contributed by atoms with Crippen LogP contribution >= 0.6 is 0 Å². The molecule has 0 saturated heterocycles. The van der Waals surface area contributed by atoms with E-state index >= 15 is 0 Å². The second-order valence-corrected chi connectivity index (χ2v) is 3.19. The summed E-state index contributed by atoms with van der Waals surface area (Å²) >= 11 is 0. The third kappa shape index (κ3) is 2.16. The van der Waals surface area contributed by atoms with Crippen LogP contribution in [0.2, 0.25) is 0 Å². The van der Waals surface area contributed by atoms with Crippen LogP contribution in [0.1, 0.15) is 18.5 Å². The van der Waals surface area contributed by atoms with Gasteiger partial charge in [0.1, 0.15) is 11.5 Å². The van der Waals surface area contributed by atoms with Gasteiger partial charge in [0, 0.05) is 11.6 Å².